The molecule has 1 heterocycles. The number of nitro benzene ring substituents is 2. The third-order valence-electron chi connectivity index (χ3n) is 4.92. The number of fused-ring (bicyclic) bond motifs is 1. The summed E-state index contributed by atoms with van der Waals surface area (Å²) < 4.78 is 1.33. The topological polar surface area (TPSA) is 133 Å². The number of hydrazone groups is 1. The van der Waals surface area contributed by atoms with Gasteiger partial charge in [0.25, 0.3) is 11.6 Å². The van der Waals surface area contributed by atoms with Crippen molar-refractivity contribution >= 4 is 63.3 Å². The number of aromatic nitrogens is 1. The number of non-ortho nitro benzene ring substituents is 1. The monoisotopic (exact) mass is 497 g/mol. The molecule has 0 saturated carbocycles. The Labute approximate surface area is 201 Å². The minimum absolute atomic E-state index is 0.0519. The van der Waals surface area contributed by atoms with E-state index in [9.17, 15) is 25.0 Å². The molecule has 0 amide bonds. The smallest absolute Gasteiger partial charge is 0.272 e. The van der Waals surface area contributed by atoms with Crippen LogP contribution in [-0.2, 0) is 0 Å². The van der Waals surface area contributed by atoms with E-state index in [1.165, 1.54) is 16.8 Å². The van der Waals surface area contributed by atoms with Gasteiger partial charge in [0.05, 0.1) is 27.6 Å². The van der Waals surface area contributed by atoms with Crippen molar-refractivity contribution < 1.29 is 14.6 Å². The van der Waals surface area contributed by atoms with Gasteiger partial charge in [-0.2, -0.15) is 5.10 Å². The highest BCUT2D eigenvalue weighted by Crippen LogP contribution is 2.31. The number of benzene rings is 3. The molecule has 0 atom stereocenters. The van der Waals surface area contributed by atoms with Crippen LogP contribution in [0, 0.1) is 20.2 Å². The van der Waals surface area contributed by atoms with Crippen molar-refractivity contribution in [2.75, 3.05) is 5.43 Å². The number of para-hydroxylation sites is 1. The predicted octanol–water partition coefficient (Wildman–Crippen LogP) is 5.90. The van der Waals surface area contributed by atoms with Gasteiger partial charge in [-0.1, -0.05) is 41.4 Å². The minimum atomic E-state index is -0.755. The van der Waals surface area contributed by atoms with Crippen molar-refractivity contribution in [3.8, 4) is 0 Å². The first-order valence-electron chi connectivity index (χ1n) is 9.59. The van der Waals surface area contributed by atoms with E-state index >= 15 is 0 Å². The van der Waals surface area contributed by atoms with Crippen LogP contribution in [0.25, 0.3) is 10.9 Å². The van der Waals surface area contributed by atoms with Crippen LogP contribution < -0.4 is 5.43 Å². The number of carbonyl (C=O) groups excluding carboxylic acids is 1. The maximum absolute atomic E-state index is 13.2. The minimum Gasteiger partial charge on any atom is -0.272 e. The molecule has 0 saturated heterocycles. The maximum atomic E-state index is 13.2. The predicted molar refractivity (Wildman–Crippen MR) is 129 cm³/mol. The molecule has 0 aliphatic carbocycles. The third-order valence-corrected chi connectivity index (χ3v) is 5.54. The average molecular weight is 498 g/mol. The fourth-order valence-electron chi connectivity index (χ4n) is 3.32. The molecule has 0 spiro atoms. The van der Waals surface area contributed by atoms with Crippen LogP contribution in [0.3, 0.4) is 0 Å². The van der Waals surface area contributed by atoms with Crippen LogP contribution in [0.2, 0.25) is 10.2 Å². The van der Waals surface area contributed by atoms with Gasteiger partial charge in [-0.3, -0.25) is 35.0 Å². The maximum Gasteiger partial charge on any atom is 0.301 e. The van der Waals surface area contributed by atoms with Crippen LogP contribution in [0.5, 0.6) is 0 Å². The number of hydrogen-bond donors (Lipinski definition) is 1. The van der Waals surface area contributed by atoms with Crippen LogP contribution in [0.4, 0.5) is 17.1 Å². The molecule has 12 heteroatoms. The Morgan fingerprint density at radius 3 is 2.35 bits per heavy atom. The summed E-state index contributed by atoms with van der Waals surface area (Å²) in [4.78, 5) is 33.9. The molecule has 1 aromatic heterocycles. The zero-order valence-electron chi connectivity index (χ0n) is 17.0. The van der Waals surface area contributed by atoms with Gasteiger partial charge in [-0.05, 0) is 36.4 Å². The number of halogens is 2. The summed E-state index contributed by atoms with van der Waals surface area (Å²) >= 11 is 12.5. The fourth-order valence-corrected chi connectivity index (χ4v) is 3.77. The summed E-state index contributed by atoms with van der Waals surface area (Å²) in [6.45, 7) is 0. The van der Waals surface area contributed by atoms with Crippen LogP contribution >= 0.6 is 23.2 Å². The molecule has 4 aromatic rings. The Bertz CT molecular complexity index is 1480. The van der Waals surface area contributed by atoms with Crippen molar-refractivity contribution in [1.29, 1.82) is 0 Å². The number of nitrogens with zero attached hydrogens (tertiary/aromatic N) is 4. The van der Waals surface area contributed by atoms with Gasteiger partial charge in [0.1, 0.15) is 10.8 Å². The first kappa shape index (κ1) is 22.9. The zero-order chi connectivity index (χ0) is 24.4. The second kappa shape index (κ2) is 9.30. The van der Waals surface area contributed by atoms with E-state index in [1.54, 1.807) is 48.5 Å². The summed E-state index contributed by atoms with van der Waals surface area (Å²) in [5.41, 5.74) is 2.83. The second-order valence-electron chi connectivity index (χ2n) is 6.95. The molecule has 0 unspecified atom stereocenters. The van der Waals surface area contributed by atoms with Crippen molar-refractivity contribution in [2.45, 2.75) is 0 Å². The van der Waals surface area contributed by atoms with Crippen molar-refractivity contribution in [3.63, 3.8) is 0 Å². The van der Waals surface area contributed by atoms with Crippen LogP contribution in [-0.4, -0.2) is 26.5 Å². The van der Waals surface area contributed by atoms with Gasteiger partial charge in [0.15, 0.2) is 0 Å². The first-order chi connectivity index (χ1) is 16.3. The molecular formula is C22H13Cl2N5O5. The molecule has 10 nitrogen and oxygen atoms in total. The van der Waals surface area contributed by atoms with Gasteiger partial charge in [0, 0.05) is 27.6 Å². The molecular weight excluding hydrogens is 485 g/mol. The highest BCUT2D eigenvalue weighted by Gasteiger charge is 2.21. The Hall–Kier alpha value is -4.28. The number of carbonyl (C=O) groups is 1. The molecule has 0 aliphatic heterocycles. The van der Waals surface area contributed by atoms with E-state index in [2.05, 4.69) is 10.5 Å². The Morgan fingerprint density at radius 2 is 1.68 bits per heavy atom. The first-order valence-corrected chi connectivity index (χ1v) is 10.3. The van der Waals surface area contributed by atoms with E-state index in [0.29, 0.717) is 27.1 Å². The van der Waals surface area contributed by atoms with Crippen LogP contribution in [0.15, 0.2) is 71.8 Å². The lowest BCUT2D eigenvalue weighted by Gasteiger charge is -2.06. The summed E-state index contributed by atoms with van der Waals surface area (Å²) in [6, 6.07) is 16.5. The molecule has 0 aliphatic rings. The van der Waals surface area contributed by atoms with E-state index < -0.39 is 21.2 Å². The zero-order valence-corrected chi connectivity index (χ0v) is 18.5. The van der Waals surface area contributed by atoms with Crippen molar-refractivity contribution in [3.05, 3.63) is 108 Å². The van der Waals surface area contributed by atoms with Gasteiger partial charge >= 0.3 is 5.69 Å². The highest BCUT2D eigenvalue weighted by molar-refractivity contribution is 6.36. The van der Waals surface area contributed by atoms with E-state index in [0.717, 1.165) is 12.1 Å². The molecule has 4 rings (SSSR count). The summed E-state index contributed by atoms with van der Waals surface area (Å²) in [7, 11) is 0. The number of nitro groups is 2. The fraction of sp³-hybridized carbons (Fsp3) is 0. The molecule has 0 fully saturated rings. The van der Waals surface area contributed by atoms with Crippen molar-refractivity contribution in [2.24, 2.45) is 5.10 Å². The Morgan fingerprint density at radius 1 is 0.971 bits per heavy atom. The average Bonchev–Trinajstić information content (AvgIpc) is 3.10. The van der Waals surface area contributed by atoms with Crippen LogP contribution in [0.1, 0.15) is 15.9 Å². The largest absolute Gasteiger partial charge is 0.301 e. The standard InChI is InChI=1S/C22H13Cl2N5O5/c23-14-7-5-13(6-8-14)22(30)27-19-4-2-1-3-16(19)17(21(27)24)12-25-26-18-10-9-15(28(31)32)11-20(18)29(33)34/h1-12,26H/b25-12+. The van der Waals surface area contributed by atoms with Gasteiger partial charge in [-0.25, -0.2) is 0 Å². The highest BCUT2D eigenvalue weighted by atomic mass is 35.5. The molecule has 1 N–H and O–H groups in total. The van der Waals surface area contributed by atoms with Gasteiger partial charge < -0.3 is 0 Å². The lowest BCUT2D eigenvalue weighted by Crippen LogP contribution is -2.12. The summed E-state index contributed by atoms with van der Waals surface area (Å²) in [5.74, 6) is -0.378. The number of nitrogens with one attached hydrogen (secondary N) is 1. The molecule has 34 heavy (non-hydrogen) atoms. The van der Waals surface area contributed by atoms with Crippen molar-refractivity contribution in [1.82, 2.24) is 4.57 Å². The number of rotatable bonds is 6. The molecule has 3 aromatic carbocycles. The summed E-state index contributed by atoms with van der Waals surface area (Å²) in [6.07, 6.45) is 1.32. The lowest BCUT2D eigenvalue weighted by molar-refractivity contribution is -0.393. The lowest BCUT2D eigenvalue weighted by atomic mass is 10.2. The second-order valence-corrected chi connectivity index (χ2v) is 7.75. The van der Waals surface area contributed by atoms with Gasteiger partial charge in [0.2, 0.25) is 0 Å². The van der Waals surface area contributed by atoms with E-state index in [4.69, 9.17) is 23.2 Å². The Balaban J connectivity index is 1.72. The summed E-state index contributed by atoms with van der Waals surface area (Å²) in [5, 5.41) is 27.4. The van der Waals surface area contributed by atoms with E-state index in [1.807, 2.05) is 0 Å². The Kier molecular flexibility index (Phi) is 6.26. The van der Waals surface area contributed by atoms with E-state index in [-0.39, 0.29) is 16.7 Å². The number of anilines is 1. The quantitative estimate of drug-likeness (QED) is 0.200. The SMILES string of the molecule is O=C(c1ccc(Cl)cc1)n1c(Cl)c(/C=N/Nc2ccc([N+](=O)[O-])cc2[N+](=O)[O-])c2ccccc21. The number of hydrogen-bond acceptors (Lipinski definition) is 7. The molecule has 0 bridgehead atoms. The molecule has 170 valence electrons. The van der Waals surface area contributed by atoms with Gasteiger partial charge in [-0.15, -0.1) is 0 Å². The molecule has 0 radical (unpaired) electrons. The normalized spacial score (nSPS) is 11.1. The third kappa shape index (κ3) is 4.32.